The van der Waals surface area contributed by atoms with Gasteiger partial charge in [-0.2, -0.15) is 0 Å². The molecule has 0 saturated carbocycles. The molecule has 4 rings (SSSR count). The van der Waals surface area contributed by atoms with E-state index in [9.17, 15) is 0 Å². The predicted octanol–water partition coefficient (Wildman–Crippen LogP) is 6.32. The standard InChI is InChI=1S/C27H28N2O2/c1-5-8-21-13-14-25(26(16-21)30-4)31-18-27-28-23-9-6-7-10-24(23)29(27)17-22-15-19(2)11-12-20(22)3/h5-16H,17-18H2,1-4H3/b8-5-. The van der Waals surface area contributed by atoms with E-state index >= 15 is 0 Å². The summed E-state index contributed by atoms with van der Waals surface area (Å²) in [5, 5.41) is 0. The van der Waals surface area contributed by atoms with Crippen molar-refractivity contribution in [3.63, 3.8) is 0 Å². The van der Waals surface area contributed by atoms with Gasteiger partial charge in [0, 0.05) is 6.54 Å². The van der Waals surface area contributed by atoms with E-state index in [0.717, 1.165) is 29.0 Å². The number of nitrogens with zero attached hydrogens (tertiary/aromatic N) is 2. The first-order valence-electron chi connectivity index (χ1n) is 10.5. The summed E-state index contributed by atoms with van der Waals surface area (Å²) in [7, 11) is 1.66. The van der Waals surface area contributed by atoms with E-state index in [1.807, 2.05) is 49.4 Å². The van der Waals surface area contributed by atoms with Crippen LogP contribution in [-0.2, 0) is 13.2 Å². The van der Waals surface area contributed by atoms with Crippen LogP contribution >= 0.6 is 0 Å². The summed E-state index contributed by atoms with van der Waals surface area (Å²) in [6.07, 6.45) is 4.04. The van der Waals surface area contributed by atoms with Crippen LogP contribution in [0.1, 0.15) is 35.0 Å². The first kappa shape index (κ1) is 20.7. The van der Waals surface area contributed by atoms with Crippen molar-refractivity contribution in [3.8, 4) is 11.5 Å². The van der Waals surface area contributed by atoms with Crippen LogP contribution < -0.4 is 9.47 Å². The smallest absolute Gasteiger partial charge is 0.161 e. The fourth-order valence-corrected chi connectivity index (χ4v) is 3.79. The molecule has 1 aromatic heterocycles. The number of benzene rings is 3. The lowest BCUT2D eigenvalue weighted by Crippen LogP contribution is -2.09. The van der Waals surface area contributed by atoms with Crippen LogP contribution in [0.4, 0.5) is 0 Å². The third kappa shape index (κ3) is 4.48. The molecular formula is C27H28N2O2. The Morgan fingerprint density at radius 2 is 1.81 bits per heavy atom. The lowest BCUT2D eigenvalue weighted by Gasteiger charge is -2.14. The van der Waals surface area contributed by atoms with Crippen molar-refractivity contribution in [2.24, 2.45) is 0 Å². The van der Waals surface area contributed by atoms with Gasteiger partial charge in [0.15, 0.2) is 11.5 Å². The summed E-state index contributed by atoms with van der Waals surface area (Å²) in [5.74, 6) is 2.32. The molecule has 1 heterocycles. The molecule has 0 fully saturated rings. The van der Waals surface area contributed by atoms with Gasteiger partial charge in [-0.15, -0.1) is 0 Å². The highest BCUT2D eigenvalue weighted by Gasteiger charge is 2.14. The Balaban J connectivity index is 1.67. The van der Waals surface area contributed by atoms with Crippen molar-refractivity contribution in [3.05, 3.63) is 94.8 Å². The van der Waals surface area contributed by atoms with Gasteiger partial charge in [0.05, 0.1) is 18.1 Å². The first-order chi connectivity index (χ1) is 15.1. The normalized spacial score (nSPS) is 11.4. The van der Waals surface area contributed by atoms with E-state index < -0.39 is 0 Å². The molecule has 0 aliphatic carbocycles. The molecular weight excluding hydrogens is 384 g/mol. The largest absolute Gasteiger partial charge is 0.493 e. The van der Waals surface area contributed by atoms with Gasteiger partial charge in [-0.05, 0) is 61.7 Å². The number of hydrogen-bond donors (Lipinski definition) is 0. The second-order valence-electron chi connectivity index (χ2n) is 7.73. The highest BCUT2D eigenvalue weighted by atomic mass is 16.5. The third-order valence-corrected chi connectivity index (χ3v) is 5.47. The van der Waals surface area contributed by atoms with Crippen LogP contribution in [0.2, 0.25) is 0 Å². The average molecular weight is 413 g/mol. The zero-order valence-corrected chi connectivity index (χ0v) is 18.6. The molecule has 0 atom stereocenters. The minimum atomic E-state index is 0.360. The molecule has 0 N–H and O–H groups in total. The summed E-state index contributed by atoms with van der Waals surface area (Å²) in [4.78, 5) is 4.86. The van der Waals surface area contributed by atoms with E-state index in [1.165, 1.54) is 16.7 Å². The third-order valence-electron chi connectivity index (χ3n) is 5.47. The minimum Gasteiger partial charge on any atom is -0.493 e. The molecule has 158 valence electrons. The summed E-state index contributed by atoms with van der Waals surface area (Å²) < 4.78 is 14.0. The molecule has 0 spiro atoms. The van der Waals surface area contributed by atoms with E-state index in [1.54, 1.807) is 7.11 Å². The molecule has 4 aromatic rings. The van der Waals surface area contributed by atoms with Gasteiger partial charge in [0.2, 0.25) is 0 Å². The monoisotopic (exact) mass is 412 g/mol. The van der Waals surface area contributed by atoms with Crippen LogP contribution in [0.5, 0.6) is 11.5 Å². The van der Waals surface area contributed by atoms with Gasteiger partial charge < -0.3 is 14.0 Å². The molecule has 0 bridgehead atoms. The Bertz CT molecular complexity index is 1240. The van der Waals surface area contributed by atoms with Crippen LogP contribution in [0.25, 0.3) is 17.1 Å². The summed E-state index contributed by atoms with van der Waals surface area (Å²) in [6, 6.07) is 20.8. The lowest BCUT2D eigenvalue weighted by molar-refractivity contribution is 0.273. The summed E-state index contributed by atoms with van der Waals surface area (Å²) >= 11 is 0. The summed E-state index contributed by atoms with van der Waals surface area (Å²) in [6.45, 7) is 7.39. The zero-order chi connectivity index (χ0) is 21.8. The number of ether oxygens (including phenoxy) is 2. The Hall–Kier alpha value is -3.53. The van der Waals surface area contributed by atoms with Gasteiger partial charge in [0.25, 0.3) is 0 Å². The maximum Gasteiger partial charge on any atom is 0.161 e. The second-order valence-corrected chi connectivity index (χ2v) is 7.73. The van der Waals surface area contributed by atoms with Gasteiger partial charge in [-0.3, -0.25) is 0 Å². The molecule has 0 amide bonds. The number of hydrogen-bond acceptors (Lipinski definition) is 3. The van der Waals surface area contributed by atoms with Crippen LogP contribution in [0.3, 0.4) is 0 Å². The Morgan fingerprint density at radius 1 is 0.968 bits per heavy atom. The van der Waals surface area contributed by atoms with Crippen molar-refractivity contribution < 1.29 is 9.47 Å². The van der Waals surface area contributed by atoms with Crippen molar-refractivity contribution in [2.75, 3.05) is 7.11 Å². The molecule has 0 aliphatic heterocycles. The SMILES string of the molecule is C/C=C\c1ccc(OCc2nc3ccccc3n2Cc2cc(C)ccc2C)c(OC)c1. The lowest BCUT2D eigenvalue weighted by atomic mass is 10.1. The molecule has 0 radical (unpaired) electrons. The topological polar surface area (TPSA) is 36.3 Å². The maximum atomic E-state index is 6.18. The minimum absolute atomic E-state index is 0.360. The Labute approximate surface area is 183 Å². The molecule has 0 unspecified atom stereocenters. The maximum absolute atomic E-state index is 6.18. The fourth-order valence-electron chi connectivity index (χ4n) is 3.79. The van der Waals surface area contributed by atoms with Crippen molar-refractivity contribution in [1.82, 2.24) is 9.55 Å². The number of aryl methyl sites for hydroxylation is 2. The number of fused-ring (bicyclic) bond motifs is 1. The quantitative estimate of drug-likeness (QED) is 0.356. The fraction of sp³-hybridized carbons (Fsp3) is 0.222. The number of rotatable bonds is 7. The summed E-state index contributed by atoms with van der Waals surface area (Å²) in [5.41, 5.74) is 6.98. The highest BCUT2D eigenvalue weighted by molar-refractivity contribution is 5.76. The van der Waals surface area contributed by atoms with E-state index in [-0.39, 0.29) is 0 Å². The number of methoxy groups -OCH3 is 1. The van der Waals surface area contributed by atoms with Crippen LogP contribution in [0.15, 0.2) is 66.7 Å². The van der Waals surface area contributed by atoms with Crippen molar-refractivity contribution in [1.29, 1.82) is 0 Å². The highest BCUT2D eigenvalue weighted by Crippen LogP contribution is 2.30. The van der Waals surface area contributed by atoms with E-state index in [2.05, 4.69) is 48.7 Å². The molecule has 31 heavy (non-hydrogen) atoms. The molecule has 3 aromatic carbocycles. The second kappa shape index (κ2) is 9.09. The molecule has 0 aliphatic rings. The van der Waals surface area contributed by atoms with Gasteiger partial charge >= 0.3 is 0 Å². The van der Waals surface area contributed by atoms with Crippen molar-refractivity contribution in [2.45, 2.75) is 33.9 Å². The molecule has 4 heteroatoms. The van der Waals surface area contributed by atoms with Gasteiger partial charge in [0.1, 0.15) is 12.4 Å². The van der Waals surface area contributed by atoms with Crippen molar-refractivity contribution >= 4 is 17.1 Å². The number of imidazole rings is 1. The van der Waals surface area contributed by atoms with E-state index in [0.29, 0.717) is 18.1 Å². The van der Waals surface area contributed by atoms with E-state index in [4.69, 9.17) is 14.5 Å². The average Bonchev–Trinajstić information content (AvgIpc) is 3.13. The zero-order valence-electron chi connectivity index (χ0n) is 18.6. The molecule has 4 nitrogen and oxygen atoms in total. The first-order valence-corrected chi connectivity index (χ1v) is 10.5. The van der Waals surface area contributed by atoms with Crippen LogP contribution in [-0.4, -0.2) is 16.7 Å². The van der Waals surface area contributed by atoms with Gasteiger partial charge in [-0.1, -0.05) is 54.1 Å². The Morgan fingerprint density at radius 3 is 2.61 bits per heavy atom. The Kier molecular flexibility index (Phi) is 6.08. The number of aromatic nitrogens is 2. The van der Waals surface area contributed by atoms with Crippen LogP contribution in [0, 0.1) is 13.8 Å². The number of allylic oxidation sites excluding steroid dienone is 1. The predicted molar refractivity (Wildman–Crippen MR) is 127 cm³/mol. The molecule has 0 saturated heterocycles. The van der Waals surface area contributed by atoms with Gasteiger partial charge in [-0.25, -0.2) is 4.98 Å². The number of para-hydroxylation sites is 2.